The van der Waals surface area contributed by atoms with Crippen LogP contribution in [0.4, 0.5) is 10.5 Å². The molecular formula is C23H26ClN3O3. The summed E-state index contributed by atoms with van der Waals surface area (Å²) in [6.07, 6.45) is 1.05. The lowest BCUT2D eigenvalue weighted by atomic mass is 9.92. The Labute approximate surface area is 181 Å². The monoisotopic (exact) mass is 427 g/mol. The molecule has 2 atom stereocenters. The number of rotatable bonds is 4. The molecule has 1 aliphatic heterocycles. The van der Waals surface area contributed by atoms with Gasteiger partial charge in [-0.2, -0.15) is 0 Å². The highest BCUT2D eigenvalue weighted by Gasteiger charge is 2.32. The van der Waals surface area contributed by atoms with Crippen molar-refractivity contribution in [1.29, 1.82) is 0 Å². The fourth-order valence-electron chi connectivity index (χ4n) is 3.84. The van der Waals surface area contributed by atoms with Gasteiger partial charge in [0.05, 0.1) is 12.2 Å². The van der Waals surface area contributed by atoms with Gasteiger partial charge in [0.15, 0.2) is 0 Å². The van der Waals surface area contributed by atoms with Crippen molar-refractivity contribution in [1.82, 2.24) is 10.2 Å². The Kier molecular flexibility index (Phi) is 7.11. The number of amides is 4. The minimum absolute atomic E-state index is 0.291. The predicted octanol–water partition coefficient (Wildman–Crippen LogP) is 4.20. The van der Waals surface area contributed by atoms with E-state index in [0.29, 0.717) is 41.2 Å². The van der Waals surface area contributed by atoms with Crippen LogP contribution in [0.3, 0.4) is 0 Å². The molecule has 3 rings (SSSR count). The van der Waals surface area contributed by atoms with E-state index < -0.39 is 5.91 Å². The number of imide groups is 1. The van der Waals surface area contributed by atoms with Crippen molar-refractivity contribution in [3.63, 3.8) is 0 Å². The maximum Gasteiger partial charge on any atom is 0.331 e. The molecule has 7 heteroatoms. The van der Waals surface area contributed by atoms with Crippen molar-refractivity contribution in [3.05, 3.63) is 65.2 Å². The summed E-state index contributed by atoms with van der Waals surface area (Å²) in [6.45, 7) is 5.10. The largest absolute Gasteiger partial charge is 0.343 e. The van der Waals surface area contributed by atoms with E-state index >= 15 is 0 Å². The molecule has 2 aromatic carbocycles. The van der Waals surface area contributed by atoms with E-state index in [1.165, 1.54) is 0 Å². The van der Waals surface area contributed by atoms with Gasteiger partial charge in [-0.05, 0) is 54.7 Å². The van der Waals surface area contributed by atoms with Crippen molar-refractivity contribution < 1.29 is 14.4 Å². The standard InChI is InChI=1S/C23H26ClN3O3/c1-16-12-17(2)15-26(14-16)23(30)27(20-10-8-19(24)9-11-20)21(28)13-25-22(29)18-6-4-3-5-7-18/h3-11,16-17H,12-15H2,1-2H3,(H,25,29)/t16-,17+. The van der Waals surface area contributed by atoms with E-state index in [9.17, 15) is 14.4 Å². The van der Waals surface area contributed by atoms with E-state index in [0.717, 1.165) is 11.3 Å². The molecular weight excluding hydrogens is 402 g/mol. The Morgan fingerprint density at radius 2 is 1.60 bits per heavy atom. The average Bonchev–Trinajstić information content (AvgIpc) is 2.73. The predicted molar refractivity (Wildman–Crippen MR) is 118 cm³/mol. The number of halogens is 1. The number of likely N-dealkylation sites (tertiary alicyclic amines) is 1. The zero-order valence-electron chi connectivity index (χ0n) is 17.2. The maximum atomic E-state index is 13.3. The molecule has 0 aromatic heterocycles. The molecule has 1 aliphatic rings. The first kappa shape index (κ1) is 21.8. The number of piperidine rings is 1. The van der Waals surface area contributed by atoms with Gasteiger partial charge in [0.2, 0.25) is 0 Å². The molecule has 2 aromatic rings. The molecule has 0 radical (unpaired) electrons. The van der Waals surface area contributed by atoms with E-state index in [2.05, 4.69) is 19.2 Å². The summed E-state index contributed by atoms with van der Waals surface area (Å²) in [7, 11) is 0. The van der Waals surface area contributed by atoms with Gasteiger partial charge in [-0.3, -0.25) is 9.59 Å². The Bertz CT molecular complexity index is 892. The lowest BCUT2D eigenvalue weighted by molar-refractivity contribution is -0.117. The van der Waals surface area contributed by atoms with Crippen molar-refractivity contribution in [2.45, 2.75) is 20.3 Å². The SMILES string of the molecule is C[C@@H]1C[C@H](C)CN(C(=O)N(C(=O)CNC(=O)c2ccccc2)c2ccc(Cl)cc2)C1. The van der Waals surface area contributed by atoms with Crippen LogP contribution in [-0.2, 0) is 4.79 Å². The zero-order chi connectivity index (χ0) is 21.7. The molecule has 1 fully saturated rings. The molecule has 0 aliphatic carbocycles. The Morgan fingerprint density at radius 3 is 2.20 bits per heavy atom. The van der Waals surface area contributed by atoms with E-state index in [4.69, 9.17) is 11.6 Å². The number of urea groups is 1. The molecule has 1 saturated heterocycles. The fourth-order valence-corrected chi connectivity index (χ4v) is 3.96. The van der Waals surface area contributed by atoms with Gasteiger partial charge < -0.3 is 10.2 Å². The summed E-state index contributed by atoms with van der Waals surface area (Å²) in [5.41, 5.74) is 0.877. The first-order chi connectivity index (χ1) is 14.3. The molecule has 0 saturated carbocycles. The van der Waals surface area contributed by atoms with Crippen molar-refractivity contribution >= 4 is 35.1 Å². The number of benzene rings is 2. The second-order valence-corrected chi connectivity index (χ2v) is 8.32. The Morgan fingerprint density at radius 1 is 1.00 bits per heavy atom. The quantitative estimate of drug-likeness (QED) is 0.794. The third-order valence-corrected chi connectivity index (χ3v) is 5.35. The lowest BCUT2D eigenvalue weighted by Gasteiger charge is -2.37. The molecule has 0 spiro atoms. The zero-order valence-corrected chi connectivity index (χ0v) is 17.9. The van der Waals surface area contributed by atoms with Gasteiger partial charge in [0.1, 0.15) is 0 Å². The van der Waals surface area contributed by atoms with Crippen LogP contribution in [0.1, 0.15) is 30.6 Å². The number of hydrogen-bond donors (Lipinski definition) is 1. The van der Waals surface area contributed by atoms with Gasteiger partial charge in [-0.25, -0.2) is 9.69 Å². The van der Waals surface area contributed by atoms with Gasteiger partial charge >= 0.3 is 6.03 Å². The molecule has 6 nitrogen and oxygen atoms in total. The lowest BCUT2D eigenvalue weighted by Crippen LogP contribution is -2.53. The number of carbonyl (C=O) groups excluding carboxylic acids is 3. The minimum Gasteiger partial charge on any atom is -0.343 e. The van der Waals surface area contributed by atoms with Crippen LogP contribution in [0, 0.1) is 11.8 Å². The van der Waals surface area contributed by atoms with Gasteiger partial charge in [-0.15, -0.1) is 0 Å². The minimum atomic E-state index is -0.502. The maximum absolute atomic E-state index is 13.3. The first-order valence-electron chi connectivity index (χ1n) is 10.1. The molecule has 1 N–H and O–H groups in total. The molecule has 30 heavy (non-hydrogen) atoms. The first-order valence-corrected chi connectivity index (χ1v) is 10.4. The molecule has 1 heterocycles. The third kappa shape index (κ3) is 5.39. The normalized spacial score (nSPS) is 18.6. The van der Waals surface area contributed by atoms with Crippen LogP contribution in [-0.4, -0.2) is 42.4 Å². The highest BCUT2D eigenvalue weighted by atomic mass is 35.5. The van der Waals surface area contributed by atoms with Crippen LogP contribution in [0.25, 0.3) is 0 Å². The van der Waals surface area contributed by atoms with Crippen LogP contribution >= 0.6 is 11.6 Å². The highest BCUT2D eigenvalue weighted by Crippen LogP contribution is 2.25. The molecule has 4 amide bonds. The topological polar surface area (TPSA) is 69.7 Å². The van der Waals surface area contributed by atoms with E-state index in [1.807, 2.05) is 6.07 Å². The Balaban J connectivity index is 1.78. The second-order valence-electron chi connectivity index (χ2n) is 7.89. The summed E-state index contributed by atoms with van der Waals surface area (Å²) >= 11 is 5.98. The van der Waals surface area contributed by atoms with Crippen molar-refractivity contribution in [3.8, 4) is 0 Å². The van der Waals surface area contributed by atoms with Crippen LogP contribution < -0.4 is 10.2 Å². The summed E-state index contributed by atoms with van der Waals surface area (Å²) in [5.74, 6) is -0.152. The Hall–Kier alpha value is -2.86. The number of nitrogens with one attached hydrogen (secondary N) is 1. The summed E-state index contributed by atoms with van der Waals surface area (Å²) < 4.78 is 0. The summed E-state index contributed by atoms with van der Waals surface area (Å²) in [5, 5.41) is 3.12. The summed E-state index contributed by atoms with van der Waals surface area (Å²) in [6, 6.07) is 14.8. The van der Waals surface area contributed by atoms with E-state index in [-0.39, 0.29) is 18.5 Å². The van der Waals surface area contributed by atoms with Gasteiger partial charge in [0.25, 0.3) is 11.8 Å². The van der Waals surface area contributed by atoms with Crippen LogP contribution in [0.15, 0.2) is 54.6 Å². The highest BCUT2D eigenvalue weighted by molar-refractivity contribution is 6.30. The van der Waals surface area contributed by atoms with Crippen molar-refractivity contribution in [2.24, 2.45) is 11.8 Å². The van der Waals surface area contributed by atoms with Gasteiger partial charge in [-0.1, -0.05) is 43.6 Å². The number of anilines is 1. The average molecular weight is 428 g/mol. The number of hydrogen-bond acceptors (Lipinski definition) is 3. The van der Waals surface area contributed by atoms with Crippen molar-refractivity contribution in [2.75, 3.05) is 24.5 Å². The number of nitrogens with zero attached hydrogens (tertiary/aromatic N) is 2. The van der Waals surface area contributed by atoms with Gasteiger partial charge in [0, 0.05) is 23.7 Å². The molecule has 0 unspecified atom stereocenters. The number of carbonyl (C=O) groups is 3. The van der Waals surface area contributed by atoms with Crippen LogP contribution in [0.2, 0.25) is 5.02 Å². The second kappa shape index (κ2) is 9.76. The van der Waals surface area contributed by atoms with E-state index in [1.54, 1.807) is 53.4 Å². The smallest absolute Gasteiger partial charge is 0.331 e. The molecule has 0 bridgehead atoms. The summed E-state index contributed by atoms with van der Waals surface area (Å²) in [4.78, 5) is 41.5. The fraction of sp³-hybridized carbons (Fsp3) is 0.348. The third-order valence-electron chi connectivity index (χ3n) is 5.10. The molecule has 158 valence electrons. The van der Waals surface area contributed by atoms with Crippen LogP contribution in [0.5, 0.6) is 0 Å².